The largest absolute Gasteiger partial charge is 0.497 e. The minimum Gasteiger partial charge on any atom is -0.497 e. The van der Waals surface area contributed by atoms with Crippen LogP contribution in [0.25, 0.3) is 0 Å². The summed E-state index contributed by atoms with van der Waals surface area (Å²) in [5.41, 5.74) is 1.36. The second kappa shape index (κ2) is 4.32. The third kappa shape index (κ3) is 2.28. The summed E-state index contributed by atoms with van der Waals surface area (Å²) in [5, 5.41) is 1.09. The maximum Gasteiger partial charge on any atom is 0.118 e. The molecule has 3 heteroatoms. The number of ether oxygens (including phenoxy) is 1. The van der Waals surface area contributed by atoms with Gasteiger partial charge in [-0.1, -0.05) is 28.1 Å². The van der Waals surface area contributed by atoms with Gasteiger partial charge < -0.3 is 4.74 Å². The van der Waals surface area contributed by atoms with Crippen molar-refractivity contribution >= 4 is 15.9 Å². The lowest BCUT2D eigenvalue weighted by molar-refractivity contribution is 0.414. The quantitative estimate of drug-likeness (QED) is 0.605. The van der Waals surface area contributed by atoms with Gasteiger partial charge in [-0.05, 0) is 17.7 Å². The molecule has 2 atom stereocenters. The van der Waals surface area contributed by atoms with Crippen LogP contribution in [-0.2, 0) is 6.54 Å². The molecule has 1 aliphatic rings. The molecule has 14 heavy (non-hydrogen) atoms. The maximum atomic E-state index is 5.11. The third-order valence-corrected chi connectivity index (χ3v) is 3.30. The molecular formula is C11H14BrNO. The molecule has 0 spiro atoms. The zero-order chi connectivity index (χ0) is 9.97. The molecule has 1 fully saturated rings. The van der Waals surface area contributed by atoms with Gasteiger partial charge in [0.15, 0.2) is 0 Å². The lowest BCUT2D eigenvalue weighted by atomic mass is 10.2. The van der Waals surface area contributed by atoms with Crippen molar-refractivity contribution in [2.24, 2.45) is 0 Å². The summed E-state index contributed by atoms with van der Waals surface area (Å²) in [6, 6.07) is 9.03. The Labute approximate surface area is 93.0 Å². The Kier molecular flexibility index (Phi) is 3.08. The van der Waals surface area contributed by atoms with Gasteiger partial charge in [0.25, 0.3) is 0 Å². The minimum absolute atomic E-state index is 0.747. The van der Waals surface area contributed by atoms with Crippen LogP contribution < -0.4 is 4.74 Å². The molecular weight excluding hydrogens is 242 g/mol. The highest BCUT2D eigenvalue weighted by Gasteiger charge is 2.31. The molecule has 2 nitrogen and oxygen atoms in total. The van der Waals surface area contributed by atoms with E-state index in [1.807, 2.05) is 12.1 Å². The number of methoxy groups -OCH3 is 1. The summed E-state index contributed by atoms with van der Waals surface area (Å²) in [7, 11) is 1.69. The smallest absolute Gasteiger partial charge is 0.118 e. The van der Waals surface area contributed by atoms with E-state index in [9.17, 15) is 0 Å². The van der Waals surface area contributed by atoms with Gasteiger partial charge in [-0.25, -0.2) is 0 Å². The summed E-state index contributed by atoms with van der Waals surface area (Å²) < 4.78 is 5.11. The SMILES string of the molecule is COc1ccc(CN2CC2CBr)cc1. The van der Waals surface area contributed by atoms with Crippen molar-refractivity contribution in [2.75, 3.05) is 19.0 Å². The van der Waals surface area contributed by atoms with Crippen LogP contribution in [0.3, 0.4) is 0 Å². The van der Waals surface area contributed by atoms with E-state index in [1.54, 1.807) is 7.11 Å². The lowest BCUT2D eigenvalue weighted by Crippen LogP contribution is -2.02. The Hall–Kier alpha value is -0.540. The Morgan fingerprint density at radius 2 is 2.14 bits per heavy atom. The molecule has 1 heterocycles. The molecule has 0 N–H and O–H groups in total. The van der Waals surface area contributed by atoms with Crippen molar-refractivity contribution in [3.8, 4) is 5.75 Å². The molecule has 0 aromatic heterocycles. The van der Waals surface area contributed by atoms with E-state index in [0.29, 0.717) is 0 Å². The number of halogens is 1. The van der Waals surface area contributed by atoms with Crippen LogP contribution in [0.15, 0.2) is 24.3 Å². The highest BCUT2D eigenvalue weighted by atomic mass is 79.9. The van der Waals surface area contributed by atoms with Gasteiger partial charge in [-0.3, -0.25) is 4.90 Å². The van der Waals surface area contributed by atoms with Crippen LogP contribution in [0.4, 0.5) is 0 Å². The fourth-order valence-electron chi connectivity index (χ4n) is 1.53. The zero-order valence-corrected chi connectivity index (χ0v) is 9.83. The Bertz CT molecular complexity index is 299. The highest BCUT2D eigenvalue weighted by molar-refractivity contribution is 9.09. The van der Waals surface area contributed by atoms with Crippen LogP contribution in [0.1, 0.15) is 5.56 Å². The number of benzene rings is 1. The van der Waals surface area contributed by atoms with Crippen LogP contribution in [0, 0.1) is 0 Å². The van der Waals surface area contributed by atoms with Gasteiger partial charge in [-0.2, -0.15) is 0 Å². The second-order valence-electron chi connectivity index (χ2n) is 3.59. The predicted molar refractivity (Wildman–Crippen MR) is 61.0 cm³/mol. The summed E-state index contributed by atoms with van der Waals surface area (Å²) in [6.07, 6.45) is 0. The van der Waals surface area contributed by atoms with E-state index < -0.39 is 0 Å². The fourth-order valence-corrected chi connectivity index (χ4v) is 2.14. The molecule has 1 aromatic carbocycles. The number of hydrogen-bond donors (Lipinski definition) is 0. The Morgan fingerprint density at radius 1 is 1.43 bits per heavy atom. The van der Waals surface area contributed by atoms with Gasteiger partial charge in [0, 0.05) is 24.5 Å². The van der Waals surface area contributed by atoms with Crippen molar-refractivity contribution in [1.29, 1.82) is 0 Å². The molecule has 1 saturated heterocycles. The third-order valence-electron chi connectivity index (χ3n) is 2.55. The van der Waals surface area contributed by atoms with Crippen LogP contribution >= 0.6 is 15.9 Å². The number of hydrogen-bond acceptors (Lipinski definition) is 2. The fraction of sp³-hybridized carbons (Fsp3) is 0.455. The molecule has 0 saturated carbocycles. The van der Waals surface area contributed by atoms with Crippen molar-refractivity contribution in [2.45, 2.75) is 12.6 Å². The van der Waals surface area contributed by atoms with Gasteiger partial charge in [0.05, 0.1) is 7.11 Å². The molecule has 2 unspecified atom stereocenters. The van der Waals surface area contributed by atoms with Gasteiger partial charge in [-0.15, -0.1) is 0 Å². The topological polar surface area (TPSA) is 12.2 Å². The first kappa shape index (κ1) is 9.99. The normalized spacial score (nSPS) is 24.7. The first-order valence-electron chi connectivity index (χ1n) is 4.76. The Morgan fingerprint density at radius 3 is 2.64 bits per heavy atom. The average Bonchev–Trinajstić information content (AvgIpc) is 2.98. The summed E-state index contributed by atoms with van der Waals surface area (Å²) in [5.74, 6) is 0.927. The molecule has 0 amide bonds. The maximum absolute atomic E-state index is 5.11. The van der Waals surface area contributed by atoms with E-state index in [0.717, 1.165) is 23.7 Å². The molecule has 2 rings (SSSR count). The van der Waals surface area contributed by atoms with Gasteiger partial charge in [0.2, 0.25) is 0 Å². The van der Waals surface area contributed by atoms with Crippen molar-refractivity contribution < 1.29 is 4.74 Å². The zero-order valence-electron chi connectivity index (χ0n) is 8.24. The van der Waals surface area contributed by atoms with Crippen molar-refractivity contribution in [3.05, 3.63) is 29.8 Å². The predicted octanol–water partition coefficient (Wildman–Crippen LogP) is 2.27. The molecule has 1 aromatic rings. The Balaban J connectivity index is 1.91. The summed E-state index contributed by atoms with van der Waals surface area (Å²) in [4.78, 5) is 2.44. The molecule has 0 aliphatic carbocycles. The first-order chi connectivity index (χ1) is 6.83. The monoisotopic (exact) mass is 255 g/mol. The van der Waals surface area contributed by atoms with E-state index in [4.69, 9.17) is 4.74 Å². The van der Waals surface area contributed by atoms with E-state index in [1.165, 1.54) is 12.1 Å². The average molecular weight is 256 g/mol. The van der Waals surface area contributed by atoms with E-state index in [-0.39, 0.29) is 0 Å². The van der Waals surface area contributed by atoms with Crippen molar-refractivity contribution in [3.63, 3.8) is 0 Å². The number of nitrogens with zero attached hydrogens (tertiary/aromatic N) is 1. The molecule has 0 bridgehead atoms. The van der Waals surface area contributed by atoms with E-state index >= 15 is 0 Å². The van der Waals surface area contributed by atoms with E-state index in [2.05, 4.69) is 33.0 Å². The van der Waals surface area contributed by atoms with Crippen LogP contribution in [0.5, 0.6) is 5.75 Å². The second-order valence-corrected chi connectivity index (χ2v) is 4.23. The van der Waals surface area contributed by atoms with Gasteiger partial charge in [0.1, 0.15) is 5.75 Å². The highest BCUT2D eigenvalue weighted by Crippen LogP contribution is 2.23. The number of rotatable bonds is 4. The summed E-state index contributed by atoms with van der Waals surface area (Å²) >= 11 is 3.49. The molecule has 1 aliphatic heterocycles. The van der Waals surface area contributed by atoms with Crippen LogP contribution in [-0.4, -0.2) is 29.9 Å². The summed E-state index contributed by atoms with van der Waals surface area (Å²) in [6.45, 7) is 2.28. The molecule has 0 radical (unpaired) electrons. The minimum atomic E-state index is 0.747. The number of alkyl halides is 1. The standard InChI is InChI=1S/C11H14BrNO/c1-14-11-4-2-9(3-5-11)7-13-8-10(13)6-12/h2-5,10H,6-8H2,1H3. The van der Waals surface area contributed by atoms with Gasteiger partial charge >= 0.3 is 0 Å². The van der Waals surface area contributed by atoms with Crippen LogP contribution in [0.2, 0.25) is 0 Å². The van der Waals surface area contributed by atoms with Crippen molar-refractivity contribution in [1.82, 2.24) is 4.90 Å². The molecule has 76 valence electrons. The first-order valence-corrected chi connectivity index (χ1v) is 5.88. The lowest BCUT2D eigenvalue weighted by Gasteiger charge is -2.04.